The Morgan fingerprint density at radius 1 is 1.06 bits per heavy atom. The van der Waals surface area contributed by atoms with Crippen LogP contribution in [0.2, 0.25) is 0 Å². The van der Waals surface area contributed by atoms with E-state index in [1.165, 1.54) is 0 Å². The number of carbonyl (C=O) groups excluding carboxylic acids is 2. The third-order valence-electron chi connectivity index (χ3n) is 7.00. The van der Waals surface area contributed by atoms with E-state index in [-0.39, 0.29) is 24.3 Å². The van der Waals surface area contributed by atoms with Gasteiger partial charge in [0.05, 0.1) is 30.4 Å². The standard InChI is InChI=1S/C27H25N5O3/c33-25(22-16-29-32-12-5-4-10-24(22)32)30-13-14-35-27(19-30)23(21-8-2-1-3-9-21)18-31(26(27)34)17-20-7-6-11-28-15-20/h1-12,15-16,23H,13-14,17-19H2. The summed E-state index contributed by atoms with van der Waals surface area (Å²) in [5.74, 6) is -0.431. The Hall–Kier alpha value is -4.04. The Morgan fingerprint density at radius 3 is 2.74 bits per heavy atom. The van der Waals surface area contributed by atoms with Crippen molar-refractivity contribution < 1.29 is 14.3 Å². The van der Waals surface area contributed by atoms with E-state index < -0.39 is 5.60 Å². The molecule has 2 amide bonds. The molecule has 6 rings (SSSR count). The summed E-state index contributed by atoms with van der Waals surface area (Å²) in [5.41, 5.74) is 2.12. The summed E-state index contributed by atoms with van der Waals surface area (Å²) in [4.78, 5) is 35.4. The van der Waals surface area contributed by atoms with Crippen LogP contribution < -0.4 is 0 Å². The number of pyridine rings is 2. The van der Waals surface area contributed by atoms with E-state index in [2.05, 4.69) is 10.1 Å². The van der Waals surface area contributed by atoms with Crippen molar-refractivity contribution in [3.05, 3.63) is 102 Å². The molecule has 2 aliphatic rings. The first-order chi connectivity index (χ1) is 17.2. The van der Waals surface area contributed by atoms with Crippen LogP contribution >= 0.6 is 0 Å². The van der Waals surface area contributed by atoms with Gasteiger partial charge in [-0.1, -0.05) is 42.5 Å². The molecule has 0 bridgehead atoms. The lowest BCUT2D eigenvalue weighted by Gasteiger charge is -2.42. The van der Waals surface area contributed by atoms with Crippen LogP contribution in [0.1, 0.15) is 27.4 Å². The van der Waals surface area contributed by atoms with Crippen LogP contribution in [0.15, 0.2) is 85.5 Å². The normalized spacial score (nSPS) is 22.3. The average molecular weight is 468 g/mol. The Bertz CT molecular complexity index is 1370. The number of benzene rings is 1. The third-order valence-corrected chi connectivity index (χ3v) is 7.00. The molecule has 8 heteroatoms. The molecular weight excluding hydrogens is 442 g/mol. The lowest BCUT2D eigenvalue weighted by molar-refractivity contribution is -0.160. The van der Waals surface area contributed by atoms with Gasteiger partial charge in [-0.15, -0.1) is 0 Å². The summed E-state index contributed by atoms with van der Waals surface area (Å²) >= 11 is 0. The summed E-state index contributed by atoms with van der Waals surface area (Å²) < 4.78 is 8.02. The van der Waals surface area contributed by atoms with E-state index >= 15 is 0 Å². The molecule has 4 aromatic rings. The van der Waals surface area contributed by atoms with Gasteiger partial charge in [-0.2, -0.15) is 5.10 Å². The maximum Gasteiger partial charge on any atom is 0.257 e. The Balaban J connectivity index is 1.35. The molecule has 0 N–H and O–H groups in total. The van der Waals surface area contributed by atoms with Crippen LogP contribution in [0.4, 0.5) is 0 Å². The molecule has 0 aliphatic carbocycles. The van der Waals surface area contributed by atoms with Crippen molar-refractivity contribution in [3.8, 4) is 0 Å². The summed E-state index contributed by atoms with van der Waals surface area (Å²) in [5, 5.41) is 4.32. The van der Waals surface area contributed by atoms with Gasteiger partial charge >= 0.3 is 0 Å². The van der Waals surface area contributed by atoms with Gasteiger partial charge in [0, 0.05) is 44.1 Å². The van der Waals surface area contributed by atoms with E-state index in [0.717, 1.165) is 16.6 Å². The highest BCUT2D eigenvalue weighted by Gasteiger charge is 2.58. The molecule has 35 heavy (non-hydrogen) atoms. The zero-order chi connectivity index (χ0) is 23.8. The minimum absolute atomic E-state index is 0.0902. The van der Waals surface area contributed by atoms with Crippen molar-refractivity contribution in [2.45, 2.75) is 18.1 Å². The molecule has 2 fully saturated rings. The summed E-state index contributed by atoms with van der Waals surface area (Å²) in [6.45, 7) is 1.86. The summed E-state index contributed by atoms with van der Waals surface area (Å²) in [7, 11) is 0. The third kappa shape index (κ3) is 3.66. The van der Waals surface area contributed by atoms with Crippen LogP contribution in [-0.4, -0.2) is 68.1 Å². The first-order valence-electron chi connectivity index (χ1n) is 11.7. The number of aromatic nitrogens is 3. The Morgan fingerprint density at radius 2 is 1.91 bits per heavy atom. The first kappa shape index (κ1) is 21.5. The average Bonchev–Trinajstić information content (AvgIpc) is 3.45. The van der Waals surface area contributed by atoms with Crippen LogP contribution in [0.3, 0.4) is 0 Å². The highest BCUT2D eigenvalue weighted by Crippen LogP contribution is 2.42. The zero-order valence-corrected chi connectivity index (χ0v) is 19.2. The van der Waals surface area contributed by atoms with Crippen LogP contribution in [0.5, 0.6) is 0 Å². The van der Waals surface area contributed by atoms with Gasteiger partial charge < -0.3 is 14.5 Å². The van der Waals surface area contributed by atoms with Gasteiger partial charge in [0.25, 0.3) is 11.8 Å². The van der Waals surface area contributed by atoms with E-state index in [0.29, 0.717) is 31.8 Å². The number of likely N-dealkylation sites (tertiary alicyclic amines) is 1. The zero-order valence-electron chi connectivity index (χ0n) is 19.2. The van der Waals surface area contributed by atoms with E-state index in [9.17, 15) is 9.59 Å². The molecule has 2 aliphatic heterocycles. The van der Waals surface area contributed by atoms with Crippen molar-refractivity contribution >= 4 is 17.3 Å². The molecule has 2 unspecified atom stereocenters. The number of hydrogen-bond donors (Lipinski definition) is 0. The van der Waals surface area contributed by atoms with Crippen LogP contribution in [-0.2, 0) is 16.1 Å². The molecule has 8 nitrogen and oxygen atoms in total. The highest BCUT2D eigenvalue weighted by atomic mass is 16.5. The van der Waals surface area contributed by atoms with Gasteiger partial charge in [0.15, 0.2) is 5.60 Å². The molecule has 2 atom stereocenters. The molecule has 3 aromatic heterocycles. The smallest absolute Gasteiger partial charge is 0.257 e. The number of carbonyl (C=O) groups is 2. The van der Waals surface area contributed by atoms with Crippen molar-refractivity contribution in [2.75, 3.05) is 26.2 Å². The maximum atomic E-state index is 14.0. The Kier molecular flexibility index (Phi) is 5.30. The number of morpholine rings is 1. The minimum atomic E-state index is -1.14. The van der Waals surface area contributed by atoms with Gasteiger partial charge in [0.1, 0.15) is 0 Å². The second-order valence-electron chi connectivity index (χ2n) is 9.06. The lowest BCUT2D eigenvalue weighted by atomic mass is 9.83. The maximum absolute atomic E-state index is 14.0. The molecule has 0 radical (unpaired) electrons. The molecule has 176 valence electrons. The Labute approximate surface area is 202 Å². The predicted octanol–water partition coefficient (Wildman–Crippen LogP) is 2.77. The van der Waals surface area contributed by atoms with E-state index in [4.69, 9.17) is 4.74 Å². The molecule has 1 aromatic carbocycles. The van der Waals surface area contributed by atoms with E-state index in [1.807, 2.05) is 71.8 Å². The molecule has 0 saturated carbocycles. The molecular formula is C27H25N5O3. The summed E-state index contributed by atoms with van der Waals surface area (Å²) in [6, 6.07) is 19.4. The number of rotatable bonds is 4. The van der Waals surface area contributed by atoms with Gasteiger partial charge in [-0.05, 0) is 29.3 Å². The monoisotopic (exact) mass is 467 g/mol. The largest absolute Gasteiger partial charge is 0.361 e. The van der Waals surface area contributed by atoms with Gasteiger partial charge in [0.2, 0.25) is 0 Å². The topological polar surface area (TPSA) is 80.0 Å². The molecule has 5 heterocycles. The van der Waals surface area contributed by atoms with Crippen molar-refractivity contribution in [1.29, 1.82) is 0 Å². The quantitative estimate of drug-likeness (QED) is 0.461. The second kappa shape index (κ2) is 8.63. The van der Waals surface area contributed by atoms with Gasteiger partial charge in [-0.3, -0.25) is 14.6 Å². The molecule has 2 saturated heterocycles. The number of ether oxygens (including phenoxy) is 1. The molecule has 1 spiro atoms. The van der Waals surface area contributed by atoms with Crippen LogP contribution in [0.25, 0.3) is 5.52 Å². The number of hydrogen-bond acceptors (Lipinski definition) is 5. The van der Waals surface area contributed by atoms with Gasteiger partial charge in [-0.25, -0.2) is 4.52 Å². The van der Waals surface area contributed by atoms with E-state index in [1.54, 1.807) is 28.0 Å². The van der Waals surface area contributed by atoms with Crippen LogP contribution in [0, 0.1) is 0 Å². The summed E-state index contributed by atoms with van der Waals surface area (Å²) in [6.07, 6.45) is 6.91. The fourth-order valence-electron chi connectivity index (χ4n) is 5.31. The number of fused-ring (bicyclic) bond motifs is 1. The fourth-order valence-corrected chi connectivity index (χ4v) is 5.31. The van der Waals surface area contributed by atoms with Crippen molar-refractivity contribution in [2.24, 2.45) is 0 Å². The lowest BCUT2D eigenvalue weighted by Crippen LogP contribution is -2.59. The first-order valence-corrected chi connectivity index (χ1v) is 11.7. The van der Waals surface area contributed by atoms with Crippen molar-refractivity contribution in [3.63, 3.8) is 0 Å². The second-order valence-corrected chi connectivity index (χ2v) is 9.06. The minimum Gasteiger partial charge on any atom is -0.361 e. The fraction of sp³-hybridized carbons (Fsp3) is 0.259. The number of nitrogens with zero attached hydrogens (tertiary/aromatic N) is 5. The SMILES string of the molecule is O=C(c1cnn2ccccc12)N1CCOC2(C1)C(=O)N(Cc1cccnc1)CC2c1ccccc1. The predicted molar refractivity (Wildman–Crippen MR) is 129 cm³/mol. The number of amides is 2. The van der Waals surface area contributed by atoms with Crippen molar-refractivity contribution in [1.82, 2.24) is 24.4 Å². The highest BCUT2D eigenvalue weighted by molar-refractivity contribution is 6.01.